The molecule has 0 aliphatic heterocycles. The third kappa shape index (κ3) is 3.48. The Hall–Kier alpha value is -1.68. The van der Waals surface area contributed by atoms with Crippen LogP contribution in [0.4, 0.5) is 5.88 Å². The number of anilines is 1. The van der Waals surface area contributed by atoms with E-state index in [1.807, 2.05) is 12.1 Å². The molecule has 0 radical (unpaired) electrons. The third-order valence-electron chi connectivity index (χ3n) is 1.32. The van der Waals surface area contributed by atoms with Gasteiger partial charge in [-0.3, -0.25) is 0 Å². The summed E-state index contributed by atoms with van der Waals surface area (Å²) >= 11 is 0. The Morgan fingerprint density at radius 1 is 1.08 bits per heavy atom. The van der Waals surface area contributed by atoms with Gasteiger partial charge in [-0.05, 0) is 18.2 Å². The number of nitrogen functional groups attached to an aromatic ring is 1. The Kier molecular flexibility index (Phi) is 3.66. The molecule has 4 nitrogen and oxygen atoms in total. The highest BCUT2D eigenvalue weighted by molar-refractivity contribution is 5.20. The van der Waals surface area contributed by atoms with Crippen LogP contribution in [0.15, 0.2) is 45.6 Å². The summed E-state index contributed by atoms with van der Waals surface area (Å²) in [6.07, 6.45) is 3.15. The molecule has 2 rings (SSSR count). The van der Waals surface area contributed by atoms with Gasteiger partial charge in [-0.1, -0.05) is 0 Å². The van der Waals surface area contributed by atoms with E-state index in [9.17, 15) is 0 Å². The fourth-order valence-corrected chi connectivity index (χ4v) is 0.720. The number of hydrogen-bond donors (Lipinski definition) is 2. The van der Waals surface area contributed by atoms with Crippen LogP contribution in [0.25, 0.3) is 0 Å². The molecule has 70 valence electrons. The van der Waals surface area contributed by atoms with Crippen molar-refractivity contribution < 1.29 is 8.83 Å². The zero-order valence-electron chi connectivity index (χ0n) is 7.14. The Morgan fingerprint density at radius 3 is 2.00 bits per heavy atom. The minimum absolute atomic E-state index is 0.468. The van der Waals surface area contributed by atoms with Crippen LogP contribution >= 0.6 is 0 Å². The van der Waals surface area contributed by atoms with Gasteiger partial charge in [-0.2, -0.15) is 0 Å². The molecule has 2 aromatic rings. The molecule has 4 heteroatoms. The smallest absolute Gasteiger partial charge is 0.190 e. The molecule has 4 N–H and O–H groups in total. The van der Waals surface area contributed by atoms with Gasteiger partial charge in [0, 0.05) is 6.07 Å². The molecule has 0 aromatic carbocycles. The Bertz CT molecular complexity index is 300. The first-order valence-electron chi connectivity index (χ1n) is 3.84. The van der Waals surface area contributed by atoms with Crippen molar-refractivity contribution in [1.82, 2.24) is 0 Å². The Balaban J connectivity index is 0.000000132. The second kappa shape index (κ2) is 5.05. The van der Waals surface area contributed by atoms with Gasteiger partial charge in [-0.25, -0.2) is 0 Å². The van der Waals surface area contributed by atoms with Gasteiger partial charge in [0.05, 0.1) is 19.1 Å². The highest BCUT2D eigenvalue weighted by atomic mass is 16.3. The molecule has 0 saturated carbocycles. The molecule has 0 fully saturated rings. The van der Waals surface area contributed by atoms with Crippen molar-refractivity contribution >= 4 is 5.88 Å². The van der Waals surface area contributed by atoms with Gasteiger partial charge in [0.1, 0.15) is 5.76 Å². The van der Waals surface area contributed by atoms with E-state index >= 15 is 0 Å². The largest absolute Gasteiger partial charge is 0.468 e. The molecular weight excluding hydrogens is 168 g/mol. The highest BCUT2D eigenvalue weighted by Crippen LogP contribution is 1.97. The van der Waals surface area contributed by atoms with E-state index in [4.69, 9.17) is 15.9 Å². The van der Waals surface area contributed by atoms with E-state index in [1.54, 1.807) is 18.4 Å². The minimum Gasteiger partial charge on any atom is -0.468 e. The van der Waals surface area contributed by atoms with Crippen molar-refractivity contribution in [3.8, 4) is 0 Å². The predicted octanol–water partition coefficient (Wildman–Crippen LogP) is 1.60. The summed E-state index contributed by atoms with van der Waals surface area (Å²) in [6, 6.07) is 7.11. The maximum Gasteiger partial charge on any atom is 0.190 e. The van der Waals surface area contributed by atoms with Crippen LogP contribution in [0.2, 0.25) is 0 Å². The second-order valence-corrected chi connectivity index (χ2v) is 2.30. The standard InChI is InChI=1S/C5H7NO.C4H5NO/c6-4-5-2-1-3-7-5;5-4-2-1-3-6-4/h1-3H,4,6H2;1-3H,5H2. The molecule has 0 saturated heterocycles. The van der Waals surface area contributed by atoms with Crippen LogP contribution in [-0.4, -0.2) is 0 Å². The topological polar surface area (TPSA) is 78.3 Å². The average molecular weight is 180 g/mol. The molecule has 2 aromatic heterocycles. The summed E-state index contributed by atoms with van der Waals surface area (Å²) in [5.41, 5.74) is 10.3. The SMILES string of the molecule is NCc1ccco1.Nc1ccco1. The summed E-state index contributed by atoms with van der Waals surface area (Å²) in [7, 11) is 0. The maximum absolute atomic E-state index is 5.20. The maximum atomic E-state index is 5.20. The predicted molar refractivity (Wildman–Crippen MR) is 49.7 cm³/mol. The van der Waals surface area contributed by atoms with Crippen molar-refractivity contribution in [2.24, 2.45) is 5.73 Å². The number of nitrogens with two attached hydrogens (primary N) is 2. The lowest BCUT2D eigenvalue weighted by Gasteiger charge is -1.80. The first-order valence-corrected chi connectivity index (χ1v) is 3.84. The molecular formula is C9H12N2O2. The van der Waals surface area contributed by atoms with E-state index in [1.165, 1.54) is 6.26 Å². The van der Waals surface area contributed by atoms with Crippen LogP contribution in [0.5, 0.6) is 0 Å². The Labute approximate surface area is 76.1 Å². The first-order chi connectivity index (χ1) is 6.33. The second-order valence-electron chi connectivity index (χ2n) is 2.30. The lowest BCUT2D eigenvalue weighted by atomic mass is 10.5. The zero-order valence-corrected chi connectivity index (χ0v) is 7.14. The molecule has 0 aliphatic carbocycles. The molecule has 0 aliphatic rings. The van der Waals surface area contributed by atoms with E-state index in [0.717, 1.165) is 5.76 Å². The summed E-state index contributed by atoms with van der Waals surface area (Å²) in [4.78, 5) is 0. The minimum atomic E-state index is 0.468. The number of furan rings is 2. The van der Waals surface area contributed by atoms with Crippen LogP contribution < -0.4 is 11.5 Å². The van der Waals surface area contributed by atoms with Gasteiger partial charge < -0.3 is 20.3 Å². The van der Waals surface area contributed by atoms with E-state index in [-0.39, 0.29) is 0 Å². The van der Waals surface area contributed by atoms with Crippen molar-refractivity contribution in [2.45, 2.75) is 6.54 Å². The van der Waals surface area contributed by atoms with Gasteiger partial charge >= 0.3 is 0 Å². The molecule has 13 heavy (non-hydrogen) atoms. The van der Waals surface area contributed by atoms with Gasteiger partial charge in [0.25, 0.3) is 0 Å². The van der Waals surface area contributed by atoms with Crippen LogP contribution in [0.1, 0.15) is 5.76 Å². The van der Waals surface area contributed by atoms with Crippen molar-refractivity contribution in [1.29, 1.82) is 0 Å². The molecule has 0 spiro atoms. The molecule has 0 unspecified atom stereocenters. The number of hydrogen-bond acceptors (Lipinski definition) is 4. The Morgan fingerprint density at radius 2 is 1.77 bits per heavy atom. The van der Waals surface area contributed by atoms with E-state index in [0.29, 0.717) is 12.4 Å². The normalized spacial score (nSPS) is 9.00. The summed E-state index contributed by atoms with van der Waals surface area (Å²) in [5.74, 6) is 1.30. The van der Waals surface area contributed by atoms with Crippen molar-refractivity contribution in [2.75, 3.05) is 5.73 Å². The summed E-state index contributed by atoms with van der Waals surface area (Å²) in [6.45, 7) is 0.493. The van der Waals surface area contributed by atoms with Gasteiger partial charge in [-0.15, -0.1) is 0 Å². The summed E-state index contributed by atoms with van der Waals surface area (Å²) < 4.78 is 9.47. The fourth-order valence-electron chi connectivity index (χ4n) is 0.720. The van der Waals surface area contributed by atoms with E-state index < -0.39 is 0 Å². The zero-order chi connectivity index (χ0) is 9.52. The van der Waals surface area contributed by atoms with Crippen molar-refractivity contribution in [3.05, 3.63) is 42.6 Å². The first kappa shape index (κ1) is 9.41. The van der Waals surface area contributed by atoms with Crippen LogP contribution in [-0.2, 0) is 6.54 Å². The quantitative estimate of drug-likeness (QED) is 0.698. The van der Waals surface area contributed by atoms with Crippen molar-refractivity contribution in [3.63, 3.8) is 0 Å². The van der Waals surface area contributed by atoms with E-state index in [2.05, 4.69) is 4.42 Å². The van der Waals surface area contributed by atoms with Crippen LogP contribution in [0.3, 0.4) is 0 Å². The fraction of sp³-hybridized carbons (Fsp3) is 0.111. The average Bonchev–Trinajstić information content (AvgIpc) is 2.76. The molecule has 0 atom stereocenters. The van der Waals surface area contributed by atoms with Gasteiger partial charge in [0.15, 0.2) is 5.88 Å². The third-order valence-corrected chi connectivity index (χ3v) is 1.32. The number of rotatable bonds is 1. The van der Waals surface area contributed by atoms with Crippen LogP contribution in [0, 0.1) is 0 Å². The molecule has 0 amide bonds. The highest BCUT2D eigenvalue weighted by Gasteiger charge is 1.84. The summed E-state index contributed by atoms with van der Waals surface area (Å²) in [5, 5.41) is 0. The monoisotopic (exact) mass is 180 g/mol. The molecule has 2 heterocycles. The van der Waals surface area contributed by atoms with Gasteiger partial charge in [0.2, 0.25) is 0 Å². The molecule has 0 bridgehead atoms. The lowest BCUT2D eigenvalue weighted by molar-refractivity contribution is 0.512. The lowest BCUT2D eigenvalue weighted by Crippen LogP contribution is -1.92.